The molecule has 0 radical (unpaired) electrons. The number of rotatable bonds is 3. The number of hydrogen-bond acceptors (Lipinski definition) is 3. The standard InChI is InChI=1S/C14H19N3O/c15-9-11-1-2-12-8-13(16-14(12)7-11)10-17-3-5-18-6-4-17/h1-2,7-8,16H,3-6,9-10,15H2. The van der Waals surface area contributed by atoms with E-state index in [4.69, 9.17) is 10.5 Å². The summed E-state index contributed by atoms with van der Waals surface area (Å²) in [6.45, 7) is 5.28. The van der Waals surface area contributed by atoms with Gasteiger partial charge in [0.25, 0.3) is 0 Å². The van der Waals surface area contributed by atoms with Gasteiger partial charge in [0, 0.05) is 37.4 Å². The van der Waals surface area contributed by atoms with Crippen LogP contribution in [0.3, 0.4) is 0 Å². The Hall–Kier alpha value is -1.36. The van der Waals surface area contributed by atoms with Crippen LogP contribution in [0.4, 0.5) is 0 Å². The van der Waals surface area contributed by atoms with Crippen LogP contribution >= 0.6 is 0 Å². The molecule has 0 amide bonds. The molecule has 0 saturated carbocycles. The summed E-state index contributed by atoms with van der Waals surface area (Å²) in [6, 6.07) is 8.59. The lowest BCUT2D eigenvalue weighted by Gasteiger charge is -2.25. The van der Waals surface area contributed by atoms with E-state index in [1.54, 1.807) is 0 Å². The molecule has 1 aromatic carbocycles. The van der Waals surface area contributed by atoms with E-state index in [9.17, 15) is 0 Å². The van der Waals surface area contributed by atoms with Crippen LogP contribution in [0.5, 0.6) is 0 Å². The van der Waals surface area contributed by atoms with Crippen LogP contribution in [0, 0.1) is 0 Å². The second kappa shape index (κ2) is 5.10. The number of hydrogen-bond donors (Lipinski definition) is 2. The van der Waals surface area contributed by atoms with Crippen molar-refractivity contribution < 1.29 is 4.74 Å². The summed E-state index contributed by atoms with van der Waals surface area (Å²) in [5.74, 6) is 0. The minimum atomic E-state index is 0.591. The van der Waals surface area contributed by atoms with Crippen LogP contribution in [0.1, 0.15) is 11.3 Å². The average molecular weight is 245 g/mol. The van der Waals surface area contributed by atoms with Gasteiger partial charge in [-0.05, 0) is 23.1 Å². The second-order valence-corrected chi connectivity index (χ2v) is 4.81. The van der Waals surface area contributed by atoms with E-state index < -0.39 is 0 Å². The molecule has 0 atom stereocenters. The molecule has 2 heterocycles. The molecular weight excluding hydrogens is 226 g/mol. The molecule has 3 N–H and O–H groups in total. The monoisotopic (exact) mass is 245 g/mol. The summed E-state index contributed by atoms with van der Waals surface area (Å²) in [5.41, 5.74) is 9.28. The molecule has 0 spiro atoms. The summed E-state index contributed by atoms with van der Waals surface area (Å²) in [5, 5.41) is 1.26. The molecule has 0 bridgehead atoms. The minimum Gasteiger partial charge on any atom is -0.379 e. The molecule has 96 valence electrons. The number of nitrogens with zero attached hydrogens (tertiary/aromatic N) is 1. The van der Waals surface area contributed by atoms with Crippen molar-refractivity contribution in [3.8, 4) is 0 Å². The third-order valence-electron chi connectivity index (χ3n) is 3.48. The van der Waals surface area contributed by atoms with Crippen molar-refractivity contribution in [2.75, 3.05) is 26.3 Å². The molecule has 4 nitrogen and oxygen atoms in total. The lowest BCUT2D eigenvalue weighted by molar-refractivity contribution is 0.0337. The van der Waals surface area contributed by atoms with Gasteiger partial charge in [0.05, 0.1) is 13.2 Å². The van der Waals surface area contributed by atoms with Crippen LogP contribution in [-0.2, 0) is 17.8 Å². The number of ether oxygens (including phenoxy) is 1. The van der Waals surface area contributed by atoms with Gasteiger partial charge in [-0.15, -0.1) is 0 Å². The molecule has 3 rings (SSSR count). The molecule has 1 fully saturated rings. The molecule has 1 aliphatic rings. The fraction of sp³-hybridized carbons (Fsp3) is 0.429. The van der Waals surface area contributed by atoms with E-state index in [0.29, 0.717) is 6.54 Å². The van der Waals surface area contributed by atoms with Crippen LogP contribution in [0.2, 0.25) is 0 Å². The maximum Gasteiger partial charge on any atom is 0.0594 e. The van der Waals surface area contributed by atoms with E-state index in [2.05, 4.69) is 34.1 Å². The highest BCUT2D eigenvalue weighted by Crippen LogP contribution is 2.18. The zero-order chi connectivity index (χ0) is 12.4. The Bertz CT molecular complexity index is 529. The predicted molar refractivity (Wildman–Crippen MR) is 72.3 cm³/mol. The Balaban J connectivity index is 1.79. The van der Waals surface area contributed by atoms with Gasteiger partial charge < -0.3 is 15.5 Å². The van der Waals surface area contributed by atoms with Crippen LogP contribution in [-0.4, -0.2) is 36.2 Å². The Morgan fingerprint density at radius 1 is 1.22 bits per heavy atom. The Labute approximate surface area is 107 Å². The maximum absolute atomic E-state index is 5.66. The first-order chi connectivity index (χ1) is 8.85. The summed E-state index contributed by atoms with van der Waals surface area (Å²) in [7, 11) is 0. The van der Waals surface area contributed by atoms with Gasteiger partial charge >= 0.3 is 0 Å². The van der Waals surface area contributed by atoms with Gasteiger partial charge in [0.2, 0.25) is 0 Å². The average Bonchev–Trinajstić information content (AvgIpc) is 2.80. The quantitative estimate of drug-likeness (QED) is 0.860. The molecule has 1 aliphatic heterocycles. The van der Waals surface area contributed by atoms with Crippen molar-refractivity contribution in [3.63, 3.8) is 0 Å². The van der Waals surface area contributed by atoms with E-state index >= 15 is 0 Å². The van der Waals surface area contributed by atoms with Crippen LogP contribution < -0.4 is 5.73 Å². The number of nitrogens with two attached hydrogens (primary N) is 1. The summed E-state index contributed by atoms with van der Waals surface area (Å²) >= 11 is 0. The largest absolute Gasteiger partial charge is 0.379 e. The second-order valence-electron chi connectivity index (χ2n) is 4.81. The topological polar surface area (TPSA) is 54.3 Å². The molecule has 2 aromatic rings. The fourth-order valence-electron chi connectivity index (χ4n) is 2.45. The van der Waals surface area contributed by atoms with Gasteiger partial charge in [0.15, 0.2) is 0 Å². The Kier molecular flexibility index (Phi) is 3.32. The number of benzene rings is 1. The predicted octanol–water partition coefficient (Wildman–Crippen LogP) is 1.46. The molecule has 0 unspecified atom stereocenters. The number of morpholine rings is 1. The number of fused-ring (bicyclic) bond motifs is 1. The van der Waals surface area contributed by atoms with Crippen molar-refractivity contribution in [1.29, 1.82) is 0 Å². The van der Waals surface area contributed by atoms with Gasteiger partial charge in [0.1, 0.15) is 0 Å². The van der Waals surface area contributed by atoms with Crippen molar-refractivity contribution in [2.24, 2.45) is 5.73 Å². The normalized spacial score (nSPS) is 17.4. The van der Waals surface area contributed by atoms with Gasteiger partial charge in [-0.2, -0.15) is 0 Å². The molecule has 1 saturated heterocycles. The van der Waals surface area contributed by atoms with E-state index in [1.165, 1.54) is 22.2 Å². The molecule has 4 heteroatoms. The minimum absolute atomic E-state index is 0.591. The lowest BCUT2D eigenvalue weighted by atomic mass is 10.1. The van der Waals surface area contributed by atoms with Crippen molar-refractivity contribution in [2.45, 2.75) is 13.1 Å². The Morgan fingerprint density at radius 3 is 2.83 bits per heavy atom. The summed E-state index contributed by atoms with van der Waals surface area (Å²) in [6.07, 6.45) is 0. The van der Waals surface area contributed by atoms with Crippen LogP contribution in [0.15, 0.2) is 24.3 Å². The molecular formula is C14H19N3O. The highest BCUT2D eigenvalue weighted by Gasteiger charge is 2.11. The maximum atomic E-state index is 5.66. The zero-order valence-corrected chi connectivity index (χ0v) is 10.5. The smallest absolute Gasteiger partial charge is 0.0594 e. The first-order valence-electron chi connectivity index (χ1n) is 6.46. The number of nitrogens with one attached hydrogen (secondary N) is 1. The number of aromatic amines is 1. The third-order valence-corrected chi connectivity index (χ3v) is 3.48. The summed E-state index contributed by atoms with van der Waals surface area (Å²) < 4.78 is 5.36. The fourth-order valence-corrected chi connectivity index (χ4v) is 2.45. The van der Waals surface area contributed by atoms with E-state index in [-0.39, 0.29) is 0 Å². The molecule has 0 aliphatic carbocycles. The SMILES string of the molecule is NCc1ccc2cc(CN3CCOCC3)[nH]c2c1. The van der Waals surface area contributed by atoms with Gasteiger partial charge in [-0.1, -0.05) is 12.1 Å². The number of aromatic nitrogens is 1. The van der Waals surface area contributed by atoms with Gasteiger partial charge in [-0.3, -0.25) is 4.90 Å². The van der Waals surface area contributed by atoms with Crippen molar-refractivity contribution in [1.82, 2.24) is 9.88 Å². The van der Waals surface area contributed by atoms with Crippen LogP contribution in [0.25, 0.3) is 10.9 Å². The third kappa shape index (κ3) is 2.41. The highest BCUT2D eigenvalue weighted by molar-refractivity contribution is 5.81. The van der Waals surface area contributed by atoms with Crippen molar-refractivity contribution >= 4 is 10.9 Å². The van der Waals surface area contributed by atoms with E-state index in [0.717, 1.165) is 32.8 Å². The molecule has 18 heavy (non-hydrogen) atoms. The number of H-pyrrole nitrogens is 1. The zero-order valence-electron chi connectivity index (χ0n) is 10.5. The summed E-state index contributed by atoms with van der Waals surface area (Å²) in [4.78, 5) is 5.89. The Morgan fingerprint density at radius 2 is 2.06 bits per heavy atom. The first kappa shape index (κ1) is 11.7. The lowest BCUT2D eigenvalue weighted by Crippen LogP contribution is -2.35. The van der Waals surface area contributed by atoms with Gasteiger partial charge in [-0.25, -0.2) is 0 Å². The van der Waals surface area contributed by atoms with E-state index in [1.807, 2.05) is 0 Å². The first-order valence-corrected chi connectivity index (χ1v) is 6.46. The molecule has 1 aromatic heterocycles. The highest BCUT2D eigenvalue weighted by atomic mass is 16.5. The van der Waals surface area contributed by atoms with Crippen molar-refractivity contribution in [3.05, 3.63) is 35.5 Å².